The molecule has 0 aliphatic carbocycles. The van der Waals surface area contributed by atoms with Crippen molar-refractivity contribution in [2.24, 2.45) is 0 Å². The second-order valence-corrected chi connectivity index (χ2v) is 3.72. The van der Waals surface area contributed by atoms with Crippen LogP contribution in [0.3, 0.4) is 0 Å². The smallest absolute Gasteiger partial charge is 0.339 e. The van der Waals surface area contributed by atoms with E-state index in [1.807, 2.05) is 0 Å². The highest BCUT2D eigenvalue weighted by Crippen LogP contribution is 2.16. The number of hydrogen-bond acceptors (Lipinski definition) is 5. The molecule has 0 aliphatic rings. The first-order valence-electron chi connectivity index (χ1n) is 5.70. The third-order valence-corrected chi connectivity index (χ3v) is 2.45. The van der Waals surface area contributed by atoms with Gasteiger partial charge in [-0.2, -0.15) is 0 Å². The molecule has 0 bridgehead atoms. The van der Waals surface area contributed by atoms with Gasteiger partial charge >= 0.3 is 11.9 Å². The number of carbonyl (C=O) groups excluding carboxylic acids is 2. The van der Waals surface area contributed by atoms with Crippen molar-refractivity contribution in [3.05, 3.63) is 29.3 Å². The number of methoxy groups -OCH3 is 1. The SMILES string of the molecule is CCOC(=O)CCc1ccc(N)c(C(=O)OC)c1. The van der Waals surface area contributed by atoms with Gasteiger partial charge in [0.25, 0.3) is 0 Å². The molecule has 0 spiro atoms. The van der Waals surface area contributed by atoms with Crippen molar-refractivity contribution in [2.45, 2.75) is 19.8 Å². The molecule has 1 rings (SSSR count). The molecule has 1 aromatic rings. The molecule has 0 saturated heterocycles. The number of esters is 2. The minimum absolute atomic E-state index is 0.256. The Hall–Kier alpha value is -2.04. The molecule has 0 saturated carbocycles. The van der Waals surface area contributed by atoms with Gasteiger partial charge in [-0.1, -0.05) is 6.07 Å². The highest BCUT2D eigenvalue weighted by atomic mass is 16.5. The molecule has 0 aliphatic heterocycles. The summed E-state index contributed by atoms with van der Waals surface area (Å²) in [6.07, 6.45) is 0.779. The molecular weight excluding hydrogens is 234 g/mol. The second-order valence-electron chi connectivity index (χ2n) is 3.72. The molecule has 0 heterocycles. The quantitative estimate of drug-likeness (QED) is 0.634. The Morgan fingerprint density at radius 1 is 1.33 bits per heavy atom. The molecule has 98 valence electrons. The summed E-state index contributed by atoms with van der Waals surface area (Å²) in [5.74, 6) is -0.737. The molecule has 0 atom stereocenters. The summed E-state index contributed by atoms with van der Waals surface area (Å²) in [6.45, 7) is 2.13. The van der Waals surface area contributed by atoms with Gasteiger partial charge in [0.15, 0.2) is 0 Å². The van der Waals surface area contributed by atoms with E-state index in [0.29, 0.717) is 24.3 Å². The Kier molecular flexibility index (Phi) is 5.17. The van der Waals surface area contributed by atoms with E-state index in [2.05, 4.69) is 4.74 Å². The van der Waals surface area contributed by atoms with Crippen molar-refractivity contribution in [3.8, 4) is 0 Å². The Morgan fingerprint density at radius 2 is 2.06 bits per heavy atom. The van der Waals surface area contributed by atoms with Crippen LogP contribution in [0.25, 0.3) is 0 Å². The normalized spacial score (nSPS) is 9.89. The van der Waals surface area contributed by atoms with Gasteiger partial charge in [0.05, 0.1) is 19.3 Å². The lowest BCUT2D eigenvalue weighted by Gasteiger charge is -2.07. The fourth-order valence-corrected chi connectivity index (χ4v) is 1.53. The van der Waals surface area contributed by atoms with E-state index in [1.165, 1.54) is 7.11 Å². The molecule has 5 nitrogen and oxygen atoms in total. The zero-order valence-electron chi connectivity index (χ0n) is 10.6. The number of hydrogen-bond donors (Lipinski definition) is 1. The zero-order chi connectivity index (χ0) is 13.5. The average molecular weight is 251 g/mol. The summed E-state index contributed by atoms with van der Waals surface area (Å²) in [7, 11) is 1.30. The number of ether oxygens (including phenoxy) is 2. The predicted molar refractivity (Wildman–Crippen MR) is 67.1 cm³/mol. The van der Waals surface area contributed by atoms with Gasteiger partial charge in [0.2, 0.25) is 0 Å². The van der Waals surface area contributed by atoms with Gasteiger partial charge in [-0.05, 0) is 31.0 Å². The minimum atomic E-state index is -0.481. The average Bonchev–Trinajstić information content (AvgIpc) is 2.37. The van der Waals surface area contributed by atoms with Crippen LogP contribution in [0.5, 0.6) is 0 Å². The monoisotopic (exact) mass is 251 g/mol. The summed E-state index contributed by atoms with van der Waals surface area (Å²) in [4.78, 5) is 22.7. The summed E-state index contributed by atoms with van der Waals surface area (Å²) in [5, 5.41) is 0. The topological polar surface area (TPSA) is 78.6 Å². The van der Waals surface area contributed by atoms with E-state index >= 15 is 0 Å². The van der Waals surface area contributed by atoms with Crippen LogP contribution in [-0.2, 0) is 20.7 Å². The van der Waals surface area contributed by atoms with E-state index in [0.717, 1.165) is 5.56 Å². The first-order valence-corrected chi connectivity index (χ1v) is 5.70. The van der Waals surface area contributed by atoms with Crippen LogP contribution in [0, 0.1) is 0 Å². The molecule has 18 heavy (non-hydrogen) atoms. The van der Waals surface area contributed by atoms with Crippen LogP contribution in [0.4, 0.5) is 5.69 Å². The third-order valence-electron chi connectivity index (χ3n) is 2.45. The van der Waals surface area contributed by atoms with Crippen molar-refractivity contribution in [2.75, 3.05) is 19.5 Å². The molecule has 0 amide bonds. The number of anilines is 1. The van der Waals surface area contributed by atoms with Crippen LogP contribution in [0.2, 0.25) is 0 Å². The Labute approximate surface area is 106 Å². The summed E-state index contributed by atoms with van der Waals surface area (Å²) in [6, 6.07) is 5.05. The van der Waals surface area contributed by atoms with E-state index in [1.54, 1.807) is 25.1 Å². The van der Waals surface area contributed by atoms with E-state index in [4.69, 9.17) is 10.5 Å². The maximum Gasteiger partial charge on any atom is 0.339 e. The lowest BCUT2D eigenvalue weighted by molar-refractivity contribution is -0.143. The van der Waals surface area contributed by atoms with Gasteiger partial charge in [0, 0.05) is 12.1 Å². The van der Waals surface area contributed by atoms with E-state index in [-0.39, 0.29) is 12.4 Å². The van der Waals surface area contributed by atoms with Crippen LogP contribution in [-0.4, -0.2) is 25.7 Å². The largest absolute Gasteiger partial charge is 0.466 e. The van der Waals surface area contributed by atoms with Gasteiger partial charge in [-0.3, -0.25) is 4.79 Å². The molecular formula is C13H17NO4. The highest BCUT2D eigenvalue weighted by Gasteiger charge is 2.11. The minimum Gasteiger partial charge on any atom is -0.466 e. The van der Waals surface area contributed by atoms with Gasteiger partial charge < -0.3 is 15.2 Å². The fourth-order valence-electron chi connectivity index (χ4n) is 1.53. The molecule has 0 aromatic heterocycles. The molecule has 1 aromatic carbocycles. The van der Waals surface area contributed by atoms with Gasteiger partial charge in [-0.25, -0.2) is 4.79 Å². The van der Waals surface area contributed by atoms with Crippen LogP contribution < -0.4 is 5.73 Å². The Bertz CT molecular complexity index is 443. The Morgan fingerprint density at radius 3 is 2.67 bits per heavy atom. The molecule has 0 fully saturated rings. The van der Waals surface area contributed by atoms with Crippen molar-refractivity contribution in [1.82, 2.24) is 0 Å². The molecule has 5 heteroatoms. The zero-order valence-corrected chi connectivity index (χ0v) is 10.6. The van der Waals surface area contributed by atoms with Crippen LogP contribution in [0.1, 0.15) is 29.3 Å². The molecule has 0 radical (unpaired) electrons. The number of nitrogens with two attached hydrogens (primary N) is 1. The number of rotatable bonds is 5. The molecule has 2 N–H and O–H groups in total. The first kappa shape index (κ1) is 14.0. The summed E-state index contributed by atoms with van der Waals surface area (Å²) < 4.78 is 9.46. The maximum atomic E-state index is 11.4. The van der Waals surface area contributed by atoms with Crippen molar-refractivity contribution < 1.29 is 19.1 Å². The lowest BCUT2D eigenvalue weighted by Crippen LogP contribution is -2.08. The predicted octanol–water partition coefficient (Wildman–Crippen LogP) is 1.55. The number of benzene rings is 1. The summed E-state index contributed by atoms with van der Waals surface area (Å²) in [5.41, 5.74) is 7.20. The Balaban J connectivity index is 2.73. The number of nitrogen functional groups attached to an aromatic ring is 1. The highest BCUT2D eigenvalue weighted by molar-refractivity contribution is 5.95. The second kappa shape index (κ2) is 6.64. The molecule has 0 unspecified atom stereocenters. The third kappa shape index (κ3) is 3.76. The van der Waals surface area contributed by atoms with Crippen molar-refractivity contribution in [1.29, 1.82) is 0 Å². The van der Waals surface area contributed by atoms with Crippen LogP contribution in [0.15, 0.2) is 18.2 Å². The van der Waals surface area contributed by atoms with E-state index < -0.39 is 5.97 Å². The fraction of sp³-hybridized carbons (Fsp3) is 0.385. The maximum absolute atomic E-state index is 11.4. The number of aryl methyl sites for hydroxylation is 1. The standard InChI is InChI=1S/C13H17NO4/c1-3-18-12(15)7-5-9-4-6-11(14)10(8-9)13(16)17-2/h4,6,8H,3,5,7,14H2,1-2H3. The first-order chi connectivity index (χ1) is 8.58. The van der Waals surface area contributed by atoms with Crippen molar-refractivity contribution in [3.63, 3.8) is 0 Å². The van der Waals surface area contributed by atoms with Gasteiger partial charge in [0.1, 0.15) is 0 Å². The van der Waals surface area contributed by atoms with Gasteiger partial charge in [-0.15, -0.1) is 0 Å². The van der Waals surface area contributed by atoms with Crippen LogP contribution >= 0.6 is 0 Å². The van der Waals surface area contributed by atoms with Crippen molar-refractivity contribution >= 4 is 17.6 Å². The van der Waals surface area contributed by atoms with E-state index in [9.17, 15) is 9.59 Å². The lowest BCUT2D eigenvalue weighted by atomic mass is 10.0. The summed E-state index contributed by atoms with van der Waals surface area (Å²) >= 11 is 0. The number of carbonyl (C=O) groups is 2.